The fraction of sp³-hybridized carbons (Fsp3) is 0.606. The number of carbonyl (C=O) groups excluding carboxylic acids is 1. The summed E-state index contributed by atoms with van der Waals surface area (Å²) < 4.78 is 0. The maximum absolute atomic E-state index is 14.4. The van der Waals surface area contributed by atoms with Gasteiger partial charge in [0.1, 0.15) is 0 Å². The summed E-state index contributed by atoms with van der Waals surface area (Å²) in [6.07, 6.45) is 7.53. The van der Waals surface area contributed by atoms with Gasteiger partial charge in [0.05, 0.1) is 0 Å². The second-order valence-corrected chi connectivity index (χ2v) is 12.4. The van der Waals surface area contributed by atoms with Crippen molar-refractivity contribution < 1.29 is 4.79 Å². The number of hydrogen-bond acceptors (Lipinski definition) is 2. The molecule has 190 valence electrons. The van der Waals surface area contributed by atoms with E-state index in [0.717, 1.165) is 43.2 Å². The number of hydrogen-bond donors (Lipinski definition) is 1. The number of rotatable bonds is 6. The van der Waals surface area contributed by atoms with E-state index in [1.54, 1.807) is 0 Å². The fourth-order valence-electron chi connectivity index (χ4n) is 8.35. The molecule has 0 aromatic heterocycles. The summed E-state index contributed by atoms with van der Waals surface area (Å²) >= 11 is 0. The molecule has 0 saturated carbocycles. The van der Waals surface area contributed by atoms with Gasteiger partial charge in [-0.3, -0.25) is 4.79 Å². The Morgan fingerprint density at radius 2 is 1.71 bits per heavy atom. The lowest BCUT2D eigenvalue weighted by atomic mass is 9.44. The first-order chi connectivity index (χ1) is 16.4. The molecule has 2 N–H and O–H groups in total. The normalized spacial score (nSPS) is 27.6. The number of Topliss-reactive ketones (excluding diaryl/α,β-unsaturated/α-hetero) is 1. The largest absolute Gasteiger partial charge is 0.399 e. The summed E-state index contributed by atoms with van der Waals surface area (Å²) in [5.41, 5.74) is 16.8. The van der Waals surface area contributed by atoms with Crippen LogP contribution in [0, 0.1) is 28.6 Å². The molecule has 3 aliphatic rings. The monoisotopic (exact) mass is 473 g/mol. The number of ketones is 1. The van der Waals surface area contributed by atoms with Gasteiger partial charge in [0.15, 0.2) is 5.78 Å². The van der Waals surface area contributed by atoms with Gasteiger partial charge in [-0.05, 0) is 86.0 Å². The molecule has 0 heterocycles. The van der Waals surface area contributed by atoms with Crippen LogP contribution in [0.1, 0.15) is 108 Å². The quantitative estimate of drug-likeness (QED) is 0.453. The van der Waals surface area contributed by atoms with Crippen LogP contribution in [0.5, 0.6) is 0 Å². The predicted octanol–water partition coefficient (Wildman–Crippen LogP) is 8.14. The number of nitrogens with two attached hydrogens (primary N) is 1. The summed E-state index contributed by atoms with van der Waals surface area (Å²) in [5, 5.41) is 0. The van der Waals surface area contributed by atoms with Gasteiger partial charge in [-0.1, -0.05) is 84.2 Å². The van der Waals surface area contributed by atoms with Crippen molar-refractivity contribution in [2.24, 2.45) is 34.3 Å². The second kappa shape index (κ2) is 9.09. The molecule has 0 spiro atoms. The van der Waals surface area contributed by atoms with Crippen LogP contribution in [0.2, 0.25) is 0 Å². The minimum Gasteiger partial charge on any atom is -0.399 e. The van der Waals surface area contributed by atoms with Gasteiger partial charge in [-0.15, -0.1) is 0 Å². The second-order valence-electron chi connectivity index (χ2n) is 12.4. The third-order valence-electron chi connectivity index (χ3n) is 10.7. The van der Waals surface area contributed by atoms with Crippen molar-refractivity contribution in [2.75, 3.05) is 0 Å². The third-order valence-corrected chi connectivity index (χ3v) is 10.7. The Labute approximate surface area is 214 Å². The van der Waals surface area contributed by atoms with Crippen molar-refractivity contribution in [3.8, 4) is 0 Å². The van der Waals surface area contributed by atoms with E-state index in [0.29, 0.717) is 29.2 Å². The lowest BCUT2D eigenvalue weighted by Crippen LogP contribution is -2.52. The Kier molecular flexibility index (Phi) is 6.75. The van der Waals surface area contributed by atoms with Crippen molar-refractivity contribution >= 4 is 5.78 Å². The maximum atomic E-state index is 14.4. The van der Waals surface area contributed by atoms with E-state index in [4.69, 9.17) is 5.73 Å². The van der Waals surface area contributed by atoms with E-state index in [-0.39, 0.29) is 10.8 Å². The van der Waals surface area contributed by atoms with Crippen LogP contribution in [0.4, 0.5) is 0 Å². The highest BCUT2D eigenvalue weighted by Gasteiger charge is 2.57. The Morgan fingerprint density at radius 1 is 1.09 bits per heavy atom. The number of allylic oxidation sites excluding steroid dienone is 4. The van der Waals surface area contributed by atoms with Crippen LogP contribution >= 0.6 is 0 Å². The molecule has 3 atom stereocenters. The third kappa shape index (κ3) is 3.69. The highest BCUT2D eigenvalue weighted by Crippen LogP contribution is 2.65. The predicted molar refractivity (Wildman–Crippen MR) is 148 cm³/mol. The van der Waals surface area contributed by atoms with Crippen molar-refractivity contribution in [1.29, 1.82) is 0 Å². The highest BCUT2D eigenvalue weighted by molar-refractivity contribution is 6.13. The Hall–Kier alpha value is -2.09. The van der Waals surface area contributed by atoms with Gasteiger partial charge in [-0.25, -0.2) is 0 Å². The first kappa shape index (κ1) is 26.0. The van der Waals surface area contributed by atoms with Crippen molar-refractivity contribution in [2.45, 2.75) is 100 Å². The number of fused-ring (bicyclic) bond motifs is 3. The average Bonchev–Trinajstić information content (AvgIpc) is 2.79. The van der Waals surface area contributed by atoms with Crippen LogP contribution < -0.4 is 5.73 Å². The molecule has 1 aromatic rings. The van der Waals surface area contributed by atoms with E-state index in [9.17, 15) is 4.79 Å². The minimum absolute atomic E-state index is 0.108. The molecule has 3 unspecified atom stereocenters. The first-order valence-electron chi connectivity index (χ1n) is 14.0. The lowest BCUT2D eigenvalue weighted by Gasteiger charge is -2.59. The van der Waals surface area contributed by atoms with Crippen LogP contribution in [-0.4, -0.2) is 5.78 Å². The topological polar surface area (TPSA) is 43.1 Å². The fourth-order valence-corrected chi connectivity index (χ4v) is 8.35. The molecule has 0 saturated heterocycles. The zero-order valence-corrected chi connectivity index (χ0v) is 23.5. The summed E-state index contributed by atoms with van der Waals surface area (Å²) in [6, 6.07) is 4.58. The number of benzene rings is 1. The van der Waals surface area contributed by atoms with E-state index in [1.807, 2.05) is 0 Å². The lowest BCUT2D eigenvalue weighted by molar-refractivity contribution is 0.0439. The summed E-state index contributed by atoms with van der Waals surface area (Å²) in [4.78, 5) is 14.4. The van der Waals surface area contributed by atoms with Crippen LogP contribution in [0.25, 0.3) is 0 Å². The number of carbonyl (C=O) groups is 1. The maximum Gasteiger partial charge on any atom is 0.189 e. The van der Waals surface area contributed by atoms with Gasteiger partial charge in [0, 0.05) is 27.7 Å². The minimum atomic E-state index is -0.167. The van der Waals surface area contributed by atoms with Gasteiger partial charge >= 0.3 is 0 Å². The molecule has 1 aromatic carbocycles. The van der Waals surface area contributed by atoms with Gasteiger partial charge in [0.25, 0.3) is 0 Å². The molecule has 2 nitrogen and oxygen atoms in total. The van der Waals surface area contributed by atoms with Crippen molar-refractivity contribution in [1.82, 2.24) is 0 Å². The zero-order chi connectivity index (χ0) is 25.9. The van der Waals surface area contributed by atoms with E-state index >= 15 is 0 Å². The average molecular weight is 474 g/mol. The summed E-state index contributed by atoms with van der Waals surface area (Å²) in [7, 11) is 0. The van der Waals surface area contributed by atoms with Gasteiger partial charge < -0.3 is 5.73 Å². The van der Waals surface area contributed by atoms with Crippen molar-refractivity contribution in [3.63, 3.8) is 0 Å². The van der Waals surface area contributed by atoms with E-state index < -0.39 is 0 Å². The zero-order valence-electron chi connectivity index (χ0n) is 23.5. The molecule has 0 fully saturated rings. The SMILES string of the molecule is C=C(N)C1=C(C)CC2CC3Cc4c(CC(CC)CC)ccc(CC)c4C(=O)C3=C(C)C2(C)C1(C)C. The molecule has 3 aliphatic carbocycles. The van der Waals surface area contributed by atoms with Crippen LogP contribution in [0.3, 0.4) is 0 Å². The van der Waals surface area contributed by atoms with E-state index in [2.05, 4.69) is 74.1 Å². The molecule has 4 rings (SSSR count). The van der Waals surface area contributed by atoms with Gasteiger partial charge in [-0.2, -0.15) is 0 Å². The molecule has 0 radical (unpaired) electrons. The Bertz CT molecular complexity index is 1130. The van der Waals surface area contributed by atoms with Crippen LogP contribution in [0.15, 0.2) is 46.7 Å². The molecular weight excluding hydrogens is 426 g/mol. The number of aryl methyl sites for hydroxylation is 1. The van der Waals surface area contributed by atoms with Crippen LogP contribution in [-0.2, 0) is 19.3 Å². The Morgan fingerprint density at radius 3 is 2.29 bits per heavy atom. The summed E-state index contributed by atoms with van der Waals surface area (Å²) in [6.45, 7) is 22.5. The molecule has 0 aliphatic heterocycles. The Balaban J connectivity index is 1.90. The molecule has 35 heavy (non-hydrogen) atoms. The van der Waals surface area contributed by atoms with E-state index in [1.165, 1.54) is 46.3 Å². The van der Waals surface area contributed by atoms with Crippen molar-refractivity contribution in [3.05, 3.63) is 69.0 Å². The van der Waals surface area contributed by atoms with Gasteiger partial charge in [0.2, 0.25) is 0 Å². The molecule has 0 bridgehead atoms. The molecular formula is C33H47NO. The first-order valence-corrected chi connectivity index (χ1v) is 14.0. The molecule has 2 heteroatoms. The smallest absolute Gasteiger partial charge is 0.189 e. The standard InChI is InChI=1S/C33H47NO/c1-10-22(11-2)16-24-14-13-23(12-3)29-27(24)18-25-17-26-15-19(4)30(21(6)34)32(7,8)33(26,9)20(5)28(25)31(29)35/h13-14,22,25-26H,6,10-12,15-18,34H2,1-5,7-9H3. The molecule has 0 amide bonds. The summed E-state index contributed by atoms with van der Waals surface area (Å²) in [5.74, 6) is 1.84. The highest BCUT2D eigenvalue weighted by atomic mass is 16.1.